The monoisotopic (exact) mass is 242 g/mol. The van der Waals surface area contributed by atoms with Crippen LogP contribution in [0.3, 0.4) is 0 Å². The average Bonchev–Trinajstić information content (AvgIpc) is 2.67. The Bertz CT molecular complexity index is 387. The molecule has 1 saturated carbocycles. The Morgan fingerprint density at radius 2 is 1.71 bits per heavy atom. The summed E-state index contributed by atoms with van der Waals surface area (Å²) in [6.07, 6.45) is 0. The number of amides is 2. The molecule has 2 atom stereocenters. The number of hydrogen-bond donors (Lipinski definition) is 3. The molecule has 0 bridgehead atoms. The van der Waals surface area contributed by atoms with E-state index in [-0.39, 0.29) is 0 Å². The summed E-state index contributed by atoms with van der Waals surface area (Å²) < 4.78 is 0. The lowest BCUT2D eigenvalue weighted by molar-refractivity contribution is -0.140. The largest absolute Gasteiger partial charge is 0.481 e. The van der Waals surface area contributed by atoms with Crippen LogP contribution in [-0.4, -0.2) is 28.4 Å². The van der Waals surface area contributed by atoms with Crippen molar-refractivity contribution in [2.24, 2.45) is 23.0 Å². The quantitative estimate of drug-likeness (QED) is 0.630. The van der Waals surface area contributed by atoms with Gasteiger partial charge in [0.2, 0.25) is 11.8 Å². The van der Waals surface area contributed by atoms with Gasteiger partial charge in [0.05, 0.1) is 11.8 Å². The normalized spacial score (nSPS) is 26.1. The molecule has 1 rings (SSSR count). The molecule has 96 valence electrons. The zero-order chi connectivity index (χ0) is 13.6. The number of nitrogens with two attached hydrogens (primary N) is 1. The maximum absolute atomic E-state index is 11.9. The molecule has 6 nitrogen and oxygen atoms in total. The molecule has 17 heavy (non-hydrogen) atoms. The van der Waals surface area contributed by atoms with Crippen molar-refractivity contribution in [3.8, 4) is 0 Å². The van der Waals surface area contributed by atoms with Gasteiger partial charge in [-0.15, -0.1) is 0 Å². The maximum atomic E-state index is 11.9. The van der Waals surface area contributed by atoms with Gasteiger partial charge in [0.15, 0.2) is 0 Å². The SMILES string of the molecule is CC(C)(NC(=O)[C@H]1[C@@H](C(=O)O)C1(C)C)C(N)=O. The summed E-state index contributed by atoms with van der Waals surface area (Å²) in [7, 11) is 0. The predicted molar refractivity (Wildman–Crippen MR) is 59.8 cm³/mol. The summed E-state index contributed by atoms with van der Waals surface area (Å²) in [6.45, 7) is 6.40. The van der Waals surface area contributed by atoms with E-state index in [2.05, 4.69) is 5.32 Å². The van der Waals surface area contributed by atoms with Crippen LogP contribution in [0.4, 0.5) is 0 Å². The van der Waals surface area contributed by atoms with E-state index >= 15 is 0 Å². The Labute approximate surface area is 99.6 Å². The summed E-state index contributed by atoms with van der Waals surface area (Å²) in [5, 5.41) is 11.4. The minimum absolute atomic E-state index is 0.439. The highest BCUT2D eigenvalue weighted by molar-refractivity contribution is 5.95. The highest BCUT2D eigenvalue weighted by Crippen LogP contribution is 2.58. The Balaban J connectivity index is 2.75. The van der Waals surface area contributed by atoms with Crippen LogP contribution in [0.2, 0.25) is 0 Å². The number of rotatable bonds is 4. The third kappa shape index (κ3) is 2.25. The van der Waals surface area contributed by atoms with Crippen molar-refractivity contribution < 1.29 is 19.5 Å². The van der Waals surface area contributed by atoms with Gasteiger partial charge >= 0.3 is 5.97 Å². The van der Waals surface area contributed by atoms with E-state index in [1.807, 2.05) is 0 Å². The summed E-state index contributed by atoms with van der Waals surface area (Å²) in [5.74, 6) is -3.40. The number of carbonyl (C=O) groups excluding carboxylic acids is 2. The molecular formula is C11H18N2O4. The van der Waals surface area contributed by atoms with E-state index in [4.69, 9.17) is 10.8 Å². The Morgan fingerprint density at radius 1 is 1.24 bits per heavy atom. The smallest absolute Gasteiger partial charge is 0.307 e. The molecule has 0 saturated heterocycles. The molecule has 6 heteroatoms. The lowest BCUT2D eigenvalue weighted by Gasteiger charge is -2.22. The van der Waals surface area contributed by atoms with Crippen molar-refractivity contribution >= 4 is 17.8 Å². The Hall–Kier alpha value is -1.59. The molecule has 0 heterocycles. The first-order chi connectivity index (χ1) is 7.51. The second-order valence-electron chi connectivity index (χ2n) is 5.59. The molecule has 0 aromatic carbocycles. The van der Waals surface area contributed by atoms with Crippen molar-refractivity contribution in [1.82, 2.24) is 5.32 Å². The number of hydrogen-bond acceptors (Lipinski definition) is 3. The first-order valence-electron chi connectivity index (χ1n) is 5.36. The molecule has 0 aromatic heterocycles. The second-order valence-corrected chi connectivity index (χ2v) is 5.59. The number of carboxylic acid groups (broad SMARTS) is 1. The van der Waals surface area contributed by atoms with E-state index in [1.165, 1.54) is 13.8 Å². The number of aliphatic carboxylic acids is 1. The summed E-state index contributed by atoms with van der Waals surface area (Å²) in [6, 6.07) is 0. The number of primary amides is 1. The second kappa shape index (κ2) is 3.72. The predicted octanol–water partition coefficient (Wildman–Crippen LogP) is -0.277. The van der Waals surface area contributed by atoms with E-state index in [0.29, 0.717) is 0 Å². The molecule has 1 aliphatic rings. The van der Waals surface area contributed by atoms with Crippen LogP contribution in [-0.2, 0) is 14.4 Å². The molecule has 0 unspecified atom stereocenters. The van der Waals surface area contributed by atoms with Gasteiger partial charge in [-0.1, -0.05) is 13.8 Å². The van der Waals surface area contributed by atoms with Crippen molar-refractivity contribution in [3.63, 3.8) is 0 Å². The van der Waals surface area contributed by atoms with Crippen LogP contribution < -0.4 is 11.1 Å². The molecule has 1 fully saturated rings. The molecule has 2 amide bonds. The fraction of sp³-hybridized carbons (Fsp3) is 0.727. The molecule has 1 aliphatic carbocycles. The van der Waals surface area contributed by atoms with Crippen LogP contribution in [0.25, 0.3) is 0 Å². The zero-order valence-electron chi connectivity index (χ0n) is 10.4. The third-order valence-corrected chi connectivity index (χ3v) is 3.43. The third-order valence-electron chi connectivity index (χ3n) is 3.43. The van der Waals surface area contributed by atoms with E-state index in [9.17, 15) is 14.4 Å². The van der Waals surface area contributed by atoms with E-state index in [0.717, 1.165) is 0 Å². The number of carbonyl (C=O) groups is 3. The van der Waals surface area contributed by atoms with Crippen LogP contribution in [0.15, 0.2) is 0 Å². The van der Waals surface area contributed by atoms with Gasteiger partial charge in [0.1, 0.15) is 5.54 Å². The van der Waals surface area contributed by atoms with Gasteiger partial charge in [-0.25, -0.2) is 0 Å². The highest BCUT2D eigenvalue weighted by atomic mass is 16.4. The number of nitrogens with one attached hydrogen (secondary N) is 1. The van der Waals surface area contributed by atoms with Gasteiger partial charge in [-0.05, 0) is 19.3 Å². The number of carboxylic acids is 1. The van der Waals surface area contributed by atoms with Crippen LogP contribution in [0.1, 0.15) is 27.7 Å². The summed E-state index contributed by atoms with van der Waals surface area (Å²) in [4.78, 5) is 33.9. The maximum Gasteiger partial charge on any atom is 0.307 e. The molecular weight excluding hydrogens is 224 g/mol. The zero-order valence-corrected chi connectivity index (χ0v) is 10.4. The molecule has 0 spiro atoms. The lowest BCUT2D eigenvalue weighted by Crippen LogP contribution is -2.53. The fourth-order valence-corrected chi connectivity index (χ4v) is 2.04. The van der Waals surface area contributed by atoms with Crippen LogP contribution in [0, 0.1) is 17.3 Å². The van der Waals surface area contributed by atoms with Crippen molar-refractivity contribution in [2.45, 2.75) is 33.2 Å². The van der Waals surface area contributed by atoms with Gasteiger partial charge < -0.3 is 16.2 Å². The molecule has 0 aliphatic heterocycles. The van der Waals surface area contributed by atoms with Crippen LogP contribution in [0.5, 0.6) is 0 Å². The van der Waals surface area contributed by atoms with Gasteiger partial charge in [0.25, 0.3) is 0 Å². The minimum Gasteiger partial charge on any atom is -0.481 e. The molecule has 0 aromatic rings. The minimum atomic E-state index is -1.17. The lowest BCUT2D eigenvalue weighted by atomic mass is 10.0. The molecule has 0 radical (unpaired) electrons. The van der Waals surface area contributed by atoms with Gasteiger partial charge in [0, 0.05) is 0 Å². The standard InChI is InChI=1S/C11H18N2O4/c1-10(2)5(6(10)8(15)16)7(14)13-11(3,4)9(12)17/h5-6H,1-4H3,(H2,12,17)(H,13,14)(H,15,16)/t5-,6+/m1/s1. The summed E-state index contributed by atoms with van der Waals surface area (Å²) >= 11 is 0. The average molecular weight is 242 g/mol. The van der Waals surface area contributed by atoms with Crippen LogP contribution >= 0.6 is 0 Å². The topological polar surface area (TPSA) is 109 Å². The Morgan fingerprint density at radius 3 is 2.00 bits per heavy atom. The van der Waals surface area contributed by atoms with Crippen molar-refractivity contribution in [1.29, 1.82) is 0 Å². The van der Waals surface area contributed by atoms with Gasteiger partial charge in [-0.2, -0.15) is 0 Å². The first-order valence-corrected chi connectivity index (χ1v) is 5.36. The van der Waals surface area contributed by atoms with Crippen molar-refractivity contribution in [3.05, 3.63) is 0 Å². The fourth-order valence-electron chi connectivity index (χ4n) is 2.04. The highest BCUT2D eigenvalue weighted by Gasteiger charge is 2.66. The van der Waals surface area contributed by atoms with Crippen molar-refractivity contribution in [2.75, 3.05) is 0 Å². The van der Waals surface area contributed by atoms with E-state index in [1.54, 1.807) is 13.8 Å². The summed E-state index contributed by atoms with van der Waals surface area (Å²) in [5.41, 5.74) is 3.38. The first kappa shape index (κ1) is 13.5. The Kier molecular flexibility index (Phi) is 2.94. The van der Waals surface area contributed by atoms with E-state index < -0.39 is 40.6 Å². The van der Waals surface area contributed by atoms with Gasteiger partial charge in [-0.3, -0.25) is 14.4 Å². The molecule has 4 N–H and O–H groups in total.